The smallest absolute Gasteiger partial charge is 0.415 e. The Kier molecular flexibility index (Phi) is 10.1. The highest BCUT2D eigenvalue weighted by Gasteiger charge is 2.28. The van der Waals surface area contributed by atoms with Crippen LogP contribution in [0.4, 0.5) is 0 Å². The molecule has 0 unspecified atom stereocenters. The number of hydrogen-bond acceptors (Lipinski definition) is 7. The Morgan fingerprint density at radius 1 is 1.07 bits per heavy atom. The van der Waals surface area contributed by atoms with E-state index in [1.165, 1.54) is 0 Å². The Balaban J connectivity index is 0.000000804. The van der Waals surface area contributed by atoms with Gasteiger partial charge in [-0.2, -0.15) is 13.7 Å². The Morgan fingerprint density at radius 2 is 1.47 bits per heavy atom. The average Bonchev–Trinajstić information content (AvgIpc) is 2.60. The monoisotopic (exact) mass is 494 g/mol. The number of aryl methyl sites for hydroxylation is 2. The van der Waals surface area contributed by atoms with Crippen molar-refractivity contribution in [2.24, 2.45) is 0 Å². The molecule has 0 saturated carbocycles. The summed E-state index contributed by atoms with van der Waals surface area (Å²) in [6.07, 6.45) is 0.594. The van der Waals surface area contributed by atoms with E-state index in [2.05, 4.69) is 5.32 Å². The molecule has 0 spiro atoms. The largest absolute Gasteiger partial charge is 0.444 e. The lowest BCUT2D eigenvalue weighted by Crippen LogP contribution is -2.20. The first-order valence-corrected chi connectivity index (χ1v) is 12.7. The second kappa shape index (κ2) is 11.6. The zero-order valence-corrected chi connectivity index (χ0v) is 19.6. The van der Waals surface area contributed by atoms with Crippen molar-refractivity contribution in [3.63, 3.8) is 0 Å². The molecule has 0 amide bonds. The minimum atomic E-state index is -3.67. The standard InChI is InChI=1S/C17H17Cl2N2O3P.CH4O3S/c1-12-9-14(3-5-16(12)18)23-25(22,11-21-8-7-20)24-15-4-6-17(19)13(2)10-15;1-5(2,3)4/h3-6,9-10,21H,8,11H2,1-2H3;1H3,(H,2,3,4). The molecule has 2 rings (SSSR count). The zero-order valence-electron chi connectivity index (χ0n) is 16.4. The van der Waals surface area contributed by atoms with Gasteiger partial charge in [0, 0.05) is 10.0 Å². The predicted molar refractivity (Wildman–Crippen MR) is 117 cm³/mol. The molecule has 12 heteroatoms. The van der Waals surface area contributed by atoms with Crippen molar-refractivity contribution in [2.45, 2.75) is 13.8 Å². The van der Waals surface area contributed by atoms with Gasteiger partial charge in [-0.05, 0) is 61.4 Å². The molecule has 0 fully saturated rings. The van der Waals surface area contributed by atoms with E-state index in [0.717, 1.165) is 11.1 Å². The first-order valence-electron chi connectivity index (χ1n) is 8.33. The number of benzene rings is 2. The second-order valence-corrected chi connectivity index (χ2v) is 10.3. The van der Waals surface area contributed by atoms with Crippen LogP contribution in [0.5, 0.6) is 11.5 Å². The third-order valence-electron chi connectivity index (χ3n) is 3.26. The third kappa shape index (κ3) is 10.3. The first-order chi connectivity index (χ1) is 13.8. The van der Waals surface area contributed by atoms with Crippen LogP contribution < -0.4 is 14.4 Å². The maximum Gasteiger partial charge on any atom is 0.444 e. The predicted octanol–water partition coefficient (Wildman–Crippen LogP) is 4.84. The number of nitrogens with zero attached hydrogens (tertiary/aromatic N) is 1. The van der Waals surface area contributed by atoms with Crippen LogP contribution >= 0.6 is 30.8 Å². The van der Waals surface area contributed by atoms with Crippen molar-refractivity contribution in [3.05, 3.63) is 57.6 Å². The van der Waals surface area contributed by atoms with E-state index in [-0.39, 0.29) is 12.8 Å². The summed E-state index contributed by atoms with van der Waals surface area (Å²) in [5.74, 6) is 0.740. The Hall–Kier alpha value is -1.79. The van der Waals surface area contributed by atoms with Crippen molar-refractivity contribution in [1.82, 2.24) is 5.32 Å². The maximum atomic E-state index is 13.1. The van der Waals surface area contributed by atoms with E-state index < -0.39 is 17.7 Å². The number of nitriles is 1. The molecule has 2 aromatic rings. The van der Waals surface area contributed by atoms with Crippen LogP contribution in [0, 0.1) is 25.2 Å². The first kappa shape index (κ1) is 26.2. The summed E-state index contributed by atoms with van der Waals surface area (Å²) in [7, 11) is -7.28. The molecule has 0 aromatic heterocycles. The minimum absolute atomic E-state index is 0.0238. The van der Waals surface area contributed by atoms with Gasteiger partial charge in [-0.25, -0.2) is 4.57 Å². The molecule has 8 nitrogen and oxygen atoms in total. The minimum Gasteiger partial charge on any atom is -0.415 e. The Bertz CT molecular complexity index is 1010. The Labute approximate surface area is 186 Å². The van der Waals surface area contributed by atoms with E-state index in [4.69, 9.17) is 42.1 Å². The summed E-state index contributed by atoms with van der Waals surface area (Å²) < 4.78 is 50.3. The van der Waals surface area contributed by atoms with Gasteiger partial charge in [0.1, 0.15) is 17.8 Å². The number of nitrogens with one attached hydrogen (secondary N) is 1. The third-order valence-corrected chi connectivity index (χ3v) is 5.69. The number of halogens is 2. The van der Waals surface area contributed by atoms with E-state index in [1.807, 2.05) is 19.9 Å². The molecule has 2 aromatic carbocycles. The summed E-state index contributed by atoms with van der Waals surface area (Å²) in [5, 5.41) is 12.6. The topological polar surface area (TPSA) is 126 Å². The van der Waals surface area contributed by atoms with Crippen molar-refractivity contribution >= 4 is 40.9 Å². The lowest BCUT2D eigenvalue weighted by Gasteiger charge is -2.20. The highest BCUT2D eigenvalue weighted by Crippen LogP contribution is 2.48. The number of hydrogen-bond donors (Lipinski definition) is 2. The van der Waals surface area contributed by atoms with Crippen LogP contribution in [0.25, 0.3) is 0 Å². The van der Waals surface area contributed by atoms with Crippen LogP contribution in [0.3, 0.4) is 0 Å². The zero-order chi connectivity index (χ0) is 22.9. The fourth-order valence-corrected chi connectivity index (χ4v) is 3.66. The summed E-state index contributed by atoms with van der Waals surface area (Å²) in [6, 6.07) is 11.8. The number of rotatable bonds is 7. The van der Waals surface area contributed by atoms with Crippen molar-refractivity contribution < 1.29 is 26.6 Å². The summed E-state index contributed by atoms with van der Waals surface area (Å²) in [4.78, 5) is 0. The molecule has 0 aliphatic carbocycles. The van der Waals surface area contributed by atoms with Crippen LogP contribution in [0.2, 0.25) is 10.0 Å². The van der Waals surface area contributed by atoms with Crippen LogP contribution in [0.1, 0.15) is 11.1 Å². The highest BCUT2D eigenvalue weighted by molar-refractivity contribution is 7.85. The lowest BCUT2D eigenvalue weighted by molar-refractivity contribution is 0.382. The summed E-state index contributed by atoms with van der Waals surface area (Å²) >= 11 is 12.0. The summed E-state index contributed by atoms with van der Waals surface area (Å²) in [5.41, 5.74) is 1.58. The van der Waals surface area contributed by atoms with Crippen LogP contribution in [-0.4, -0.2) is 32.1 Å². The van der Waals surface area contributed by atoms with Gasteiger partial charge in [0.2, 0.25) is 0 Å². The Morgan fingerprint density at radius 3 is 1.80 bits per heavy atom. The lowest BCUT2D eigenvalue weighted by atomic mass is 10.2. The fourth-order valence-electron chi connectivity index (χ4n) is 2.00. The normalized spacial score (nSPS) is 11.1. The molecule has 0 saturated heterocycles. The van der Waals surface area contributed by atoms with Gasteiger partial charge in [-0.15, -0.1) is 0 Å². The van der Waals surface area contributed by atoms with Gasteiger partial charge >= 0.3 is 7.60 Å². The van der Waals surface area contributed by atoms with E-state index in [9.17, 15) is 13.0 Å². The van der Waals surface area contributed by atoms with Crippen molar-refractivity contribution in [2.75, 3.05) is 19.1 Å². The molecule has 2 N–H and O–H groups in total. The van der Waals surface area contributed by atoms with Crippen molar-refractivity contribution in [3.8, 4) is 17.6 Å². The molecular weight excluding hydrogens is 474 g/mol. The van der Waals surface area contributed by atoms with Gasteiger partial charge in [-0.1, -0.05) is 23.2 Å². The molecule has 0 aliphatic rings. The highest BCUT2D eigenvalue weighted by atomic mass is 35.5. The average molecular weight is 495 g/mol. The van der Waals surface area contributed by atoms with Crippen molar-refractivity contribution in [1.29, 1.82) is 5.26 Å². The van der Waals surface area contributed by atoms with Gasteiger partial charge in [0.05, 0.1) is 18.9 Å². The van der Waals surface area contributed by atoms with Crippen LogP contribution in [-0.2, 0) is 14.7 Å². The SMILES string of the molecule is CS(=O)(=O)O.Cc1cc(OP(=O)(CNCC#N)Oc2ccc(Cl)c(C)c2)ccc1Cl. The molecular formula is C18H21Cl2N2O6PS. The van der Waals surface area contributed by atoms with Gasteiger partial charge < -0.3 is 9.05 Å². The second-order valence-electron chi connectivity index (χ2n) is 6.09. The van der Waals surface area contributed by atoms with Gasteiger partial charge in [0.25, 0.3) is 10.1 Å². The quantitative estimate of drug-likeness (QED) is 0.242. The van der Waals surface area contributed by atoms with E-state index in [1.54, 1.807) is 36.4 Å². The molecule has 0 heterocycles. The molecule has 0 bridgehead atoms. The molecule has 164 valence electrons. The fraction of sp³-hybridized carbons (Fsp3) is 0.278. The molecule has 30 heavy (non-hydrogen) atoms. The van der Waals surface area contributed by atoms with E-state index in [0.29, 0.717) is 27.8 Å². The molecule has 0 atom stereocenters. The van der Waals surface area contributed by atoms with Crippen LogP contribution in [0.15, 0.2) is 36.4 Å². The van der Waals surface area contributed by atoms with E-state index >= 15 is 0 Å². The van der Waals surface area contributed by atoms with Gasteiger partial charge in [-0.3, -0.25) is 9.87 Å². The summed E-state index contributed by atoms with van der Waals surface area (Å²) in [6.45, 7) is 3.66. The maximum absolute atomic E-state index is 13.1. The molecule has 0 radical (unpaired) electrons. The molecule has 0 aliphatic heterocycles. The van der Waals surface area contributed by atoms with Gasteiger partial charge in [0.15, 0.2) is 0 Å².